The molecule has 0 unspecified atom stereocenters. The Morgan fingerprint density at radius 3 is 3.19 bits per heavy atom. The largest absolute Gasteiger partial charge is 0.477 e. The van der Waals surface area contributed by atoms with E-state index in [-0.39, 0.29) is 0 Å². The zero-order valence-corrected chi connectivity index (χ0v) is 9.21. The van der Waals surface area contributed by atoms with Crippen LogP contribution in [0, 0.1) is 0 Å². The Hall–Kier alpha value is -1.46. The predicted molar refractivity (Wildman–Crippen MR) is 59.9 cm³/mol. The molecule has 0 radical (unpaired) electrons. The molecule has 0 saturated carbocycles. The molecule has 2 aromatic heterocycles. The van der Waals surface area contributed by atoms with Crippen molar-refractivity contribution in [2.24, 2.45) is 0 Å². The molecule has 1 aliphatic heterocycles. The van der Waals surface area contributed by atoms with Crippen LogP contribution in [-0.4, -0.2) is 22.7 Å². The summed E-state index contributed by atoms with van der Waals surface area (Å²) in [5.74, 6) is -0.891. The number of carboxylic acid groups (broad SMARTS) is 1. The number of hydrogen-bond donors (Lipinski definition) is 1. The summed E-state index contributed by atoms with van der Waals surface area (Å²) in [4.78, 5) is 16.5. The van der Waals surface area contributed by atoms with E-state index in [1.54, 1.807) is 6.07 Å². The Labute approximate surface area is 95.5 Å². The van der Waals surface area contributed by atoms with E-state index in [2.05, 4.69) is 4.98 Å². The lowest BCUT2D eigenvalue weighted by Gasteiger charge is -2.14. The maximum atomic E-state index is 10.8. The summed E-state index contributed by atoms with van der Waals surface area (Å²) >= 11 is 1.23. The van der Waals surface area contributed by atoms with Crippen molar-refractivity contribution in [3.63, 3.8) is 0 Å². The number of carbonyl (C=O) groups is 1. The average molecular weight is 235 g/mol. The monoisotopic (exact) mass is 235 g/mol. The van der Waals surface area contributed by atoms with Gasteiger partial charge < -0.3 is 9.84 Å². The molecule has 0 aromatic carbocycles. The second-order valence-electron chi connectivity index (χ2n) is 3.71. The van der Waals surface area contributed by atoms with E-state index < -0.39 is 5.97 Å². The summed E-state index contributed by atoms with van der Waals surface area (Å²) in [5.41, 5.74) is 2.12. The third-order valence-corrected chi connectivity index (χ3v) is 3.66. The van der Waals surface area contributed by atoms with Gasteiger partial charge in [0, 0.05) is 23.1 Å². The molecule has 4 nitrogen and oxygen atoms in total. The van der Waals surface area contributed by atoms with Crippen LogP contribution in [0.15, 0.2) is 12.1 Å². The molecule has 0 spiro atoms. The number of ether oxygens (including phenoxy) is 1. The van der Waals surface area contributed by atoms with Crippen molar-refractivity contribution in [2.75, 3.05) is 6.61 Å². The lowest BCUT2D eigenvalue weighted by atomic mass is 10.1. The van der Waals surface area contributed by atoms with Crippen LogP contribution in [0.2, 0.25) is 0 Å². The fourth-order valence-electron chi connectivity index (χ4n) is 1.85. The quantitative estimate of drug-likeness (QED) is 0.822. The minimum Gasteiger partial charge on any atom is -0.477 e. The van der Waals surface area contributed by atoms with Gasteiger partial charge in [0.25, 0.3) is 0 Å². The summed E-state index contributed by atoms with van der Waals surface area (Å²) in [6.45, 7) is 1.28. The summed E-state index contributed by atoms with van der Waals surface area (Å²) in [6, 6.07) is 3.66. The summed E-state index contributed by atoms with van der Waals surface area (Å²) in [6.07, 6.45) is 0.811. The van der Waals surface area contributed by atoms with Gasteiger partial charge in [-0.25, -0.2) is 9.78 Å². The first-order chi connectivity index (χ1) is 7.74. The first-order valence-electron chi connectivity index (χ1n) is 4.97. The van der Waals surface area contributed by atoms with Gasteiger partial charge in [-0.15, -0.1) is 11.3 Å². The topological polar surface area (TPSA) is 59.4 Å². The third kappa shape index (κ3) is 1.48. The fourth-order valence-corrected chi connectivity index (χ4v) is 2.72. The smallest absolute Gasteiger partial charge is 0.345 e. The van der Waals surface area contributed by atoms with E-state index in [0.717, 1.165) is 27.9 Å². The number of rotatable bonds is 1. The number of carboxylic acids is 1. The molecule has 16 heavy (non-hydrogen) atoms. The van der Waals surface area contributed by atoms with E-state index in [1.165, 1.54) is 11.3 Å². The molecule has 1 aliphatic rings. The maximum Gasteiger partial charge on any atom is 0.345 e. The first-order valence-corrected chi connectivity index (χ1v) is 5.79. The SMILES string of the molecule is O=C(O)c1cc2cc3c(nc2s1)CCOC3. The molecular weight excluding hydrogens is 226 g/mol. The van der Waals surface area contributed by atoms with Gasteiger partial charge in [0.05, 0.1) is 13.2 Å². The van der Waals surface area contributed by atoms with E-state index in [1.807, 2.05) is 6.07 Å². The predicted octanol–water partition coefficient (Wildman–Crippen LogP) is 2.07. The van der Waals surface area contributed by atoms with E-state index in [9.17, 15) is 4.79 Å². The van der Waals surface area contributed by atoms with Crippen LogP contribution in [0.3, 0.4) is 0 Å². The highest BCUT2D eigenvalue weighted by Crippen LogP contribution is 2.27. The number of fused-ring (bicyclic) bond motifs is 2. The van der Waals surface area contributed by atoms with Gasteiger partial charge in [-0.05, 0) is 12.1 Å². The van der Waals surface area contributed by atoms with E-state index >= 15 is 0 Å². The minimum absolute atomic E-state index is 0.339. The molecule has 2 aromatic rings. The number of aromatic nitrogens is 1. The van der Waals surface area contributed by atoms with Crippen LogP contribution < -0.4 is 0 Å². The number of hydrogen-bond acceptors (Lipinski definition) is 4. The Balaban J connectivity index is 2.20. The molecule has 0 atom stereocenters. The van der Waals surface area contributed by atoms with Gasteiger partial charge in [-0.2, -0.15) is 0 Å². The second kappa shape index (κ2) is 3.54. The average Bonchev–Trinajstić information content (AvgIpc) is 2.68. The Morgan fingerprint density at radius 1 is 1.50 bits per heavy atom. The molecule has 0 fully saturated rings. The third-order valence-electron chi connectivity index (χ3n) is 2.63. The Morgan fingerprint density at radius 2 is 2.38 bits per heavy atom. The molecule has 1 N–H and O–H groups in total. The van der Waals surface area contributed by atoms with Gasteiger partial charge >= 0.3 is 5.97 Å². The molecule has 0 aliphatic carbocycles. The molecule has 3 rings (SSSR count). The van der Waals surface area contributed by atoms with Crippen LogP contribution in [0.1, 0.15) is 20.9 Å². The molecule has 5 heteroatoms. The van der Waals surface area contributed by atoms with E-state index in [4.69, 9.17) is 9.84 Å². The number of pyridine rings is 1. The highest BCUT2D eigenvalue weighted by molar-refractivity contribution is 7.20. The fraction of sp³-hybridized carbons (Fsp3) is 0.273. The maximum absolute atomic E-state index is 10.8. The highest BCUT2D eigenvalue weighted by Gasteiger charge is 2.15. The van der Waals surface area contributed by atoms with Crippen LogP contribution in [0.4, 0.5) is 0 Å². The first kappa shape index (κ1) is 9.74. The number of thiophene rings is 1. The Bertz CT molecular complexity index is 533. The summed E-state index contributed by atoms with van der Waals surface area (Å²) in [7, 11) is 0. The van der Waals surface area contributed by atoms with Gasteiger partial charge in [0.1, 0.15) is 9.71 Å². The lowest BCUT2D eigenvalue weighted by Crippen LogP contribution is -2.11. The minimum atomic E-state index is -0.891. The molecule has 3 heterocycles. The molecular formula is C11H9NO3S. The van der Waals surface area contributed by atoms with Gasteiger partial charge in [0.15, 0.2) is 0 Å². The van der Waals surface area contributed by atoms with Crippen molar-refractivity contribution < 1.29 is 14.6 Å². The summed E-state index contributed by atoms with van der Waals surface area (Å²) in [5, 5.41) is 9.80. The zero-order valence-electron chi connectivity index (χ0n) is 8.40. The molecule has 0 saturated heterocycles. The van der Waals surface area contributed by atoms with Crippen molar-refractivity contribution in [1.82, 2.24) is 4.98 Å². The number of aromatic carboxylic acids is 1. The molecule has 0 amide bonds. The normalized spacial score (nSPS) is 15.0. The van der Waals surface area contributed by atoms with Crippen molar-refractivity contribution in [2.45, 2.75) is 13.0 Å². The van der Waals surface area contributed by atoms with Gasteiger partial charge in [-0.1, -0.05) is 0 Å². The lowest BCUT2D eigenvalue weighted by molar-refractivity contribution is 0.0702. The molecule has 0 bridgehead atoms. The zero-order chi connectivity index (χ0) is 11.1. The van der Waals surface area contributed by atoms with E-state index in [0.29, 0.717) is 18.1 Å². The van der Waals surface area contributed by atoms with Crippen LogP contribution in [0.25, 0.3) is 10.2 Å². The van der Waals surface area contributed by atoms with Crippen LogP contribution >= 0.6 is 11.3 Å². The van der Waals surface area contributed by atoms with Crippen molar-refractivity contribution in [1.29, 1.82) is 0 Å². The van der Waals surface area contributed by atoms with Crippen LogP contribution in [-0.2, 0) is 17.8 Å². The van der Waals surface area contributed by atoms with Crippen molar-refractivity contribution >= 4 is 27.5 Å². The second-order valence-corrected chi connectivity index (χ2v) is 4.74. The summed E-state index contributed by atoms with van der Waals surface area (Å²) < 4.78 is 5.35. The Kier molecular flexibility index (Phi) is 2.15. The van der Waals surface area contributed by atoms with Crippen molar-refractivity contribution in [3.8, 4) is 0 Å². The number of nitrogens with zero attached hydrogens (tertiary/aromatic N) is 1. The standard InChI is InChI=1S/C11H9NO3S/c13-11(14)9-4-6-3-7-5-15-2-1-8(7)12-10(6)16-9/h3-4H,1-2,5H2,(H,13,14). The van der Waals surface area contributed by atoms with Gasteiger partial charge in [-0.3, -0.25) is 0 Å². The molecule has 82 valence electrons. The van der Waals surface area contributed by atoms with Crippen molar-refractivity contribution in [3.05, 3.63) is 28.3 Å². The van der Waals surface area contributed by atoms with Crippen LogP contribution in [0.5, 0.6) is 0 Å². The highest BCUT2D eigenvalue weighted by atomic mass is 32.1. The van der Waals surface area contributed by atoms with Gasteiger partial charge in [0.2, 0.25) is 0 Å².